The highest BCUT2D eigenvalue weighted by atomic mass is 35.5. The summed E-state index contributed by atoms with van der Waals surface area (Å²) in [6.45, 7) is 0.0773. The van der Waals surface area contributed by atoms with Crippen LogP contribution in [0.5, 0.6) is 0 Å². The lowest BCUT2D eigenvalue weighted by atomic mass is 10.2. The first-order valence-corrected chi connectivity index (χ1v) is 7.98. The van der Waals surface area contributed by atoms with Crippen LogP contribution in [0.1, 0.15) is 11.1 Å². The zero-order chi connectivity index (χ0) is 18.2. The Morgan fingerprint density at radius 2 is 1.80 bits per heavy atom. The number of alkyl carbamates (subject to hydrolysis) is 1. The van der Waals surface area contributed by atoms with Crippen LogP contribution in [0.2, 0.25) is 10.0 Å². The monoisotopic (exact) mass is 379 g/mol. The maximum Gasteiger partial charge on any atom is 0.412 e. The topological polar surface area (TPSA) is 64.6 Å². The summed E-state index contributed by atoms with van der Waals surface area (Å²) in [5, 5.41) is 3.08. The van der Waals surface area contributed by atoms with Crippen LogP contribution in [-0.2, 0) is 20.9 Å². The van der Waals surface area contributed by atoms with Crippen molar-refractivity contribution in [3.63, 3.8) is 0 Å². The minimum atomic E-state index is -0.777. The Hall–Kier alpha value is -2.50. The van der Waals surface area contributed by atoms with E-state index >= 15 is 0 Å². The van der Waals surface area contributed by atoms with Gasteiger partial charge in [0, 0.05) is 0 Å². The maximum absolute atomic E-state index is 11.9. The standard InChI is InChI=1S/C18H15Cl2NO4/c1-24-17(22)16(10-13-7-8-14(19)15(20)9-13)21-18(23)25-11-12-5-3-2-4-6-12/h2-10H,11H2,1H3,(H,21,23)/b16-10-. The maximum atomic E-state index is 11.9. The lowest BCUT2D eigenvalue weighted by Gasteiger charge is -2.09. The van der Waals surface area contributed by atoms with Crippen LogP contribution in [0.15, 0.2) is 54.2 Å². The van der Waals surface area contributed by atoms with Crippen molar-refractivity contribution in [1.82, 2.24) is 5.32 Å². The Labute approximate surface area is 155 Å². The van der Waals surface area contributed by atoms with Gasteiger partial charge in [0.05, 0.1) is 17.2 Å². The molecule has 0 fully saturated rings. The number of halogens is 2. The van der Waals surface area contributed by atoms with Gasteiger partial charge in [0.15, 0.2) is 0 Å². The molecule has 130 valence electrons. The normalized spacial score (nSPS) is 10.9. The van der Waals surface area contributed by atoms with Crippen molar-refractivity contribution in [3.05, 3.63) is 75.4 Å². The summed E-state index contributed by atoms with van der Waals surface area (Å²) in [5.74, 6) is -0.720. The van der Waals surface area contributed by atoms with Gasteiger partial charge in [0.2, 0.25) is 0 Å². The number of benzene rings is 2. The number of hydrogen-bond acceptors (Lipinski definition) is 4. The van der Waals surface area contributed by atoms with Crippen LogP contribution >= 0.6 is 23.2 Å². The highest BCUT2D eigenvalue weighted by molar-refractivity contribution is 6.42. The Morgan fingerprint density at radius 3 is 2.44 bits per heavy atom. The molecule has 0 bridgehead atoms. The smallest absolute Gasteiger partial charge is 0.412 e. The molecule has 1 amide bonds. The summed E-state index contributed by atoms with van der Waals surface area (Å²) in [5.41, 5.74) is 1.31. The third-order valence-corrected chi connectivity index (χ3v) is 3.85. The Morgan fingerprint density at radius 1 is 1.08 bits per heavy atom. The van der Waals surface area contributed by atoms with Gasteiger partial charge < -0.3 is 9.47 Å². The van der Waals surface area contributed by atoms with Crippen molar-refractivity contribution < 1.29 is 19.1 Å². The summed E-state index contributed by atoms with van der Waals surface area (Å²) in [7, 11) is 1.21. The first-order chi connectivity index (χ1) is 12.0. The van der Waals surface area contributed by atoms with Crippen LogP contribution in [0.4, 0.5) is 4.79 Å². The quantitative estimate of drug-likeness (QED) is 0.616. The van der Waals surface area contributed by atoms with E-state index in [1.54, 1.807) is 18.2 Å². The van der Waals surface area contributed by atoms with Crippen LogP contribution < -0.4 is 5.32 Å². The van der Waals surface area contributed by atoms with Crippen molar-refractivity contribution in [2.45, 2.75) is 6.61 Å². The summed E-state index contributed by atoms with van der Waals surface area (Å²) in [6, 6.07) is 14.0. The zero-order valence-corrected chi connectivity index (χ0v) is 14.8. The van der Waals surface area contributed by atoms with E-state index in [-0.39, 0.29) is 12.3 Å². The number of carbonyl (C=O) groups excluding carboxylic acids is 2. The number of ether oxygens (including phenoxy) is 2. The number of methoxy groups -OCH3 is 1. The van der Waals surface area contributed by atoms with E-state index in [2.05, 4.69) is 10.1 Å². The van der Waals surface area contributed by atoms with E-state index in [9.17, 15) is 9.59 Å². The molecule has 2 aromatic rings. The summed E-state index contributed by atoms with van der Waals surface area (Å²) >= 11 is 11.8. The number of amides is 1. The molecule has 0 aliphatic heterocycles. The Balaban J connectivity index is 2.09. The molecule has 0 saturated carbocycles. The molecule has 5 nitrogen and oxygen atoms in total. The Bertz CT molecular complexity index is 791. The van der Waals surface area contributed by atoms with Gasteiger partial charge in [0.1, 0.15) is 12.3 Å². The van der Waals surface area contributed by atoms with E-state index in [0.717, 1.165) is 5.56 Å². The average molecular weight is 380 g/mol. The molecule has 2 aromatic carbocycles. The van der Waals surface area contributed by atoms with Crippen molar-refractivity contribution in [2.75, 3.05) is 7.11 Å². The minimum Gasteiger partial charge on any atom is -0.464 e. The van der Waals surface area contributed by atoms with E-state index in [1.165, 1.54) is 13.2 Å². The largest absolute Gasteiger partial charge is 0.464 e. The highest BCUT2D eigenvalue weighted by Gasteiger charge is 2.15. The fraction of sp³-hybridized carbons (Fsp3) is 0.111. The van der Waals surface area contributed by atoms with Crippen LogP contribution in [0.25, 0.3) is 6.08 Å². The van der Waals surface area contributed by atoms with Gasteiger partial charge in [0.25, 0.3) is 0 Å². The van der Waals surface area contributed by atoms with Gasteiger partial charge in [-0.05, 0) is 29.3 Å². The predicted octanol–water partition coefficient (Wildman–Crippen LogP) is 4.43. The van der Waals surface area contributed by atoms with Crippen molar-refractivity contribution >= 4 is 41.3 Å². The second-order valence-electron chi connectivity index (χ2n) is 4.91. The summed E-state index contributed by atoms with van der Waals surface area (Å²) in [4.78, 5) is 23.8. The fourth-order valence-corrected chi connectivity index (χ4v) is 2.20. The van der Waals surface area contributed by atoms with Crippen LogP contribution in [-0.4, -0.2) is 19.2 Å². The molecule has 0 unspecified atom stereocenters. The molecule has 0 atom stereocenters. The summed E-state index contributed by atoms with van der Waals surface area (Å²) in [6.07, 6.45) is 0.637. The van der Waals surface area contributed by atoms with E-state index in [4.69, 9.17) is 27.9 Å². The first kappa shape index (κ1) is 18.8. The van der Waals surface area contributed by atoms with Crippen molar-refractivity contribution in [2.24, 2.45) is 0 Å². The highest BCUT2D eigenvalue weighted by Crippen LogP contribution is 2.23. The number of rotatable bonds is 5. The van der Waals surface area contributed by atoms with Crippen molar-refractivity contribution in [1.29, 1.82) is 0 Å². The van der Waals surface area contributed by atoms with Gasteiger partial charge in [-0.25, -0.2) is 9.59 Å². The van der Waals surface area contributed by atoms with Crippen LogP contribution in [0, 0.1) is 0 Å². The molecule has 7 heteroatoms. The average Bonchev–Trinajstić information content (AvgIpc) is 2.62. The van der Waals surface area contributed by atoms with E-state index in [0.29, 0.717) is 15.6 Å². The molecule has 25 heavy (non-hydrogen) atoms. The molecule has 0 radical (unpaired) electrons. The molecule has 0 aliphatic carbocycles. The molecule has 0 heterocycles. The molecule has 0 saturated heterocycles. The second-order valence-corrected chi connectivity index (χ2v) is 5.72. The Kier molecular flexibility index (Phi) is 6.86. The molecule has 0 aliphatic rings. The number of esters is 1. The molecular weight excluding hydrogens is 365 g/mol. The van der Waals surface area contributed by atoms with E-state index < -0.39 is 12.1 Å². The third kappa shape index (κ3) is 5.81. The molecular formula is C18H15Cl2NO4. The lowest BCUT2D eigenvalue weighted by Crippen LogP contribution is -2.28. The predicted molar refractivity (Wildman–Crippen MR) is 96.2 cm³/mol. The molecule has 1 N–H and O–H groups in total. The van der Waals surface area contributed by atoms with Gasteiger partial charge in [-0.3, -0.25) is 5.32 Å². The van der Waals surface area contributed by atoms with Gasteiger partial charge >= 0.3 is 12.1 Å². The summed E-state index contributed by atoms with van der Waals surface area (Å²) < 4.78 is 9.75. The fourth-order valence-electron chi connectivity index (χ4n) is 1.89. The number of carbonyl (C=O) groups is 2. The third-order valence-electron chi connectivity index (χ3n) is 3.11. The zero-order valence-electron chi connectivity index (χ0n) is 13.3. The molecule has 0 aromatic heterocycles. The number of hydrogen-bond donors (Lipinski definition) is 1. The van der Waals surface area contributed by atoms with Gasteiger partial charge in [-0.1, -0.05) is 59.6 Å². The lowest BCUT2D eigenvalue weighted by molar-refractivity contribution is -0.136. The number of nitrogens with one attached hydrogen (secondary N) is 1. The van der Waals surface area contributed by atoms with E-state index in [1.807, 2.05) is 30.3 Å². The minimum absolute atomic E-state index is 0.0773. The van der Waals surface area contributed by atoms with Crippen molar-refractivity contribution in [3.8, 4) is 0 Å². The first-order valence-electron chi connectivity index (χ1n) is 7.22. The second kappa shape index (κ2) is 9.11. The van der Waals surface area contributed by atoms with Gasteiger partial charge in [-0.2, -0.15) is 0 Å². The van der Waals surface area contributed by atoms with Crippen LogP contribution in [0.3, 0.4) is 0 Å². The molecule has 2 rings (SSSR count). The molecule has 0 spiro atoms. The van der Waals surface area contributed by atoms with Gasteiger partial charge in [-0.15, -0.1) is 0 Å². The SMILES string of the molecule is COC(=O)/C(=C/c1ccc(Cl)c(Cl)c1)NC(=O)OCc1ccccc1.